The maximum atomic E-state index is 13.2. The van der Waals surface area contributed by atoms with Crippen molar-refractivity contribution in [3.05, 3.63) is 82.0 Å². The molecule has 3 aromatic rings. The fraction of sp³-hybridized carbons (Fsp3) is 0.304. The number of halogens is 2. The average molecular weight is 475 g/mol. The molecule has 1 fully saturated rings. The highest BCUT2D eigenvalue weighted by molar-refractivity contribution is 7.89. The molecule has 0 spiro atoms. The highest BCUT2D eigenvalue weighted by Gasteiger charge is 2.30. The topological polar surface area (TPSA) is 66.4 Å². The maximum absolute atomic E-state index is 13.2. The molecular weight excluding hydrogens is 451 g/mol. The lowest BCUT2D eigenvalue weighted by Gasteiger charge is -2.36. The molecule has 1 aliphatic rings. The van der Waals surface area contributed by atoms with Crippen LogP contribution < -0.4 is 4.90 Å². The normalized spacial score (nSPS) is 15.2. The van der Waals surface area contributed by atoms with Gasteiger partial charge in [0.05, 0.1) is 4.90 Å². The first-order chi connectivity index (χ1) is 15.2. The first-order valence-electron chi connectivity index (χ1n) is 10.3. The third kappa shape index (κ3) is 4.77. The Balaban J connectivity index is 1.55. The molecule has 168 valence electrons. The summed E-state index contributed by atoms with van der Waals surface area (Å²) in [5.41, 5.74) is 3.03. The number of piperazine rings is 1. The SMILES string of the molecule is Cc1nc(C)c(Cc2ccc(Cl)cc2)c(N2CCN(S(=O)(=O)c3ccc(F)cc3)CC2)n1. The van der Waals surface area contributed by atoms with Crippen LogP contribution in [0.4, 0.5) is 10.2 Å². The number of aryl methyl sites for hydroxylation is 2. The fourth-order valence-electron chi connectivity index (χ4n) is 3.89. The molecule has 0 amide bonds. The minimum absolute atomic E-state index is 0.101. The number of nitrogens with zero attached hydrogens (tertiary/aromatic N) is 4. The van der Waals surface area contributed by atoms with E-state index < -0.39 is 15.8 Å². The second-order valence-electron chi connectivity index (χ2n) is 7.81. The third-order valence-corrected chi connectivity index (χ3v) is 7.75. The van der Waals surface area contributed by atoms with Crippen LogP contribution in [0.15, 0.2) is 53.4 Å². The standard InChI is InChI=1S/C23H24ClFN4O2S/c1-16-22(15-18-3-5-19(24)6-4-18)23(27-17(2)26-16)28-11-13-29(14-12-28)32(30,31)21-9-7-20(25)8-10-21/h3-10H,11-15H2,1-2H3. The van der Waals surface area contributed by atoms with E-state index in [2.05, 4.69) is 9.88 Å². The highest BCUT2D eigenvalue weighted by atomic mass is 35.5. The van der Waals surface area contributed by atoms with Crippen LogP contribution in [-0.4, -0.2) is 48.9 Å². The van der Waals surface area contributed by atoms with Gasteiger partial charge in [0.2, 0.25) is 10.0 Å². The van der Waals surface area contributed by atoms with Crippen LogP contribution in [0.2, 0.25) is 5.02 Å². The molecule has 6 nitrogen and oxygen atoms in total. The summed E-state index contributed by atoms with van der Waals surface area (Å²) in [5, 5.41) is 0.685. The van der Waals surface area contributed by atoms with E-state index in [1.54, 1.807) is 0 Å². The van der Waals surface area contributed by atoms with E-state index in [1.807, 2.05) is 38.1 Å². The average Bonchev–Trinajstić information content (AvgIpc) is 2.77. The first kappa shape index (κ1) is 22.6. The van der Waals surface area contributed by atoms with Crippen LogP contribution >= 0.6 is 11.6 Å². The van der Waals surface area contributed by atoms with Crippen LogP contribution in [0.1, 0.15) is 22.6 Å². The van der Waals surface area contributed by atoms with Crippen molar-refractivity contribution in [2.75, 3.05) is 31.1 Å². The molecule has 1 aliphatic heterocycles. The molecule has 0 atom stereocenters. The van der Waals surface area contributed by atoms with Crippen LogP contribution in [-0.2, 0) is 16.4 Å². The van der Waals surface area contributed by atoms with Gasteiger partial charge in [0, 0.05) is 48.9 Å². The minimum Gasteiger partial charge on any atom is -0.354 e. The molecule has 0 bridgehead atoms. The molecule has 4 rings (SSSR count). The summed E-state index contributed by atoms with van der Waals surface area (Å²) in [6.07, 6.45) is 0.659. The lowest BCUT2D eigenvalue weighted by molar-refractivity contribution is 0.383. The molecule has 0 unspecified atom stereocenters. The zero-order chi connectivity index (χ0) is 22.9. The highest BCUT2D eigenvalue weighted by Crippen LogP contribution is 2.27. The van der Waals surface area contributed by atoms with Gasteiger partial charge < -0.3 is 4.90 Å². The predicted molar refractivity (Wildman–Crippen MR) is 123 cm³/mol. The van der Waals surface area contributed by atoms with Crippen LogP contribution in [0.3, 0.4) is 0 Å². The van der Waals surface area contributed by atoms with Crippen LogP contribution in [0.25, 0.3) is 0 Å². The van der Waals surface area contributed by atoms with Crippen LogP contribution in [0, 0.1) is 19.7 Å². The van der Waals surface area contributed by atoms with Crippen molar-refractivity contribution < 1.29 is 12.8 Å². The largest absolute Gasteiger partial charge is 0.354 e. The zero-order valence-corrected chi connectivity index (χ0v) is 19.5. The lowest BCUT2D eigenvalue weighted by atomic mass is 10.0. The van der Waals surface area contributed by atoms with E-state index in [1.165, 1.54) is 28.6 Å². The Kier molecular flexibility index (Phi) is 6.46. The second kappa shape index (κ2) is 9.13. The van der Waals surface area contributed by atoms with Crippen molar-refractivity contribution in [2.45, 2.75) is 25.2 Å². The Morgan fingerprint density at radius 3 is 2.19 bits per heavy atom. The fourth-order valence-corrected chi connectivity index (χ4v) is 5.44. The summed E-state index contributed by atoms with van der Waals surface area (Å²) >= 11 is 6.02. The van der Waals surface area contributed by atoms with Crippen molar-refractivity contribution in [1.29, 1.82) is 0 Å². The summed E-state index contributed by atoms with van der Waals surface area (Å²) in [6, 6.07) is 12.6. The van der Waals surface area contributed by atoms with E-state index in [0.29, 0.717) is 43.4 Å². The van der Waals surface area contributed by atoms with Gasteiger partial charge in [0.1, 0.15) is 17.5 Å². The summed E-state index contributed by atoms with van der Waals surface area (Å²) in [5.74, 6) is 1.05. The predicted octanol–water partition coefficient (Wildman–Crippen LogP) is 3.99. The molecule has 1 aromatic heterocycles. The quantitative estimate of drug-likeness (QED) is 0.559. The second-order valence-corrected chi connectivity index (χ2v) is 10.2. The van der Waals surface area contributed by atoms with Gasteiger partial charge in [-0.3, -0.25) is 0 Å². The van der Waals surface area contributed by atoms with E-state index in [0.717, 1.165) is 22.6 Å². The van der Waals surface area contributed by atoms with E-state index in [4.69, 9.17) is 16.6 Å². The van der Waals surface area contributed by atoms with Crippen molar-refractivity contribution in [3.8, 4) is 0 Å². The zero-order valence-electron chi connectivity index (χ0n) is 17.9. The van der Waals surface area contributed by atoms with Gasteiger partial charge in [-0.1, -0.05) is 23.7 Å². The van der Waals surface area contributed by atoms with E-state index >= 15 is 0 Å². The number of hydrogen-bond donors (Lipinski definition) is 0. The third-order valence-electron chi connectivity index (χ3n) is 5.59. The summed E-state index contributed by atoms with van der Waals surface area (Å²) in [4.78, 5) is 11.5. The Hall–Kier alpha value is -2.55. The monoisotopic (exact) mass is 474 g/mol. The molecule has 9 heteroatoms. The smallest absolute Gasteiger partial charge is 0.243 e. The van der Waals surface area contributed by atoms with Gasteiger partial charge in [0.25, 0.3) is 0 Å². The molecule has 0 N–H and O–H groups in total. The number of aromatic nitrogens is 2. The molecule has 0 radical (unpaired) electrons. The van der Waals surface area contributed by atoms with Gasteiger partial charge in [-0.15, -0.1) is 0 Å². The van der Waals surface area contributed by atoms with Gasteiger partial charge in [-0.25, -0.2) is 22.8 Å². The molecule has 2 heterocycles. The summed E-state index contributed by atoms with van der Waals surface area (Å²) < 4.78 is 40.5. The Morgan fingerprint density at radius 2 is 1.56 bits per heavy atom. The lowest BCUT2D eigenvalue weighted by Crippen LogP contribution is -2.49. The first-order valence-corrected chi connectivity index (χ1v) is 12.1. The van der Waals surface area contributed by atoms with Crippen molar-refractivity contribution in [3.63, 3.8) is 0 Å². The number of rotatable bonds is 5. The van der Waals surface area contributed by atoms with E-state index in [-0.39, 0.29) is 4.90 Å². The molecule has 1 saturated heterocycles. The molecule has 0 aliphatic carbocycles. The number of anilines is 1. The van der Waals surface area contributed by atoms with Gasteiger partial charge in [0.15, 0.2) is 0 Å². The molecular formula is C23H24ClFN4O2S. The molecule has 32 heavy (non-hydrogen) atoms. The van der Waals surface area contributed by atoms with Crippen molar-refractivity contribution in [1.82, 2.24) is 14.3 Å². The Bertz CT molecular complexity index is 1210. The minimum atomic E-state index is -3.67. The van der Waals surface area contributed by atoms with Gasteiger partial charge in [-0.05, 0) is 55.8 Å². The number of sulfonamides is 1. The van der Waals surface area contributed by atoms with Crippen LogP contribution in [0.5, 0.6) is 0 Å². The maximum Gasteiger partial charge on any atom is 0.243 e. The summed E-state index contributed by atoms with van der Waals surface area (Å²) in [6.45, 7) is 5.48. The van der Waals surface area contributed by atoms with Crippen molar-refractivity contribution >= 4 is 27.4 Å². The number of hydrogen-bond acceptors (Lipinski definition) is 5. The molecule has 2 aromatic carbocycles. The summed E-state index contributed by atoms with van der Waals surface area (Å²) in [7, 11) is -3.67. The van der Waals surface area contributed by atoms with Crippen molar-refractivity contribution in [2.24, 2.45) is 0 Å². The van der Waals surface area contributed by atoms with Gasteiger partial charge >= 0.3 is 0 Å². The Labute approximate surface area is 192 Å². The van der Waals surface area contributed by atoms with E-state index in [9.17, 15) is 12.8 Å². The number of benzene rings is 2. The van der Waals surface area contributed by atoms with Gasteiger partial charge in [-0.2, -0.15) is 4.31 Å². The molecule has 0 saturated carbocycles. The Morgan fingerprint density at radius 1 is 0.938 bits per heavy atom.